The van der Waals surface area contributed by atoms with Crippen LogP contribution in [0, 0.1) is 12.3 Å². The van der Waals surface area contributed by atoms with E-state index in [1.165, 1.54) is 0 Å². The van der Waals surface area contributed by atoms with Gasteiger partial charge in [0.25, 0.3) is 5.91 Å². The summed E-state index contributed by atoms with van der Waals surface area (Å²) < 4.78 is 10.7. The minimum absolute atomic E-state index is 0.105. The van der Waals surface area contributed by atoms with Crippen LogP contribution in [0.4, 0.5) is 0 Å². The van der Waals surface area contributed by atoms with Crippen molar-refractivity contribution in [2.24, 2.45) is 5.73 Å². The molecule has 0 radical (unpaired) electrons. The molecule has 1 amide bonds. The van der Waals surface area contributed by atoms with E-state index >= 15 is 0 Å². The number of hydrogen-bond donors (Lipinski definition) is 2. The normalized spacial score (nSPS) is 11.3. The molecule has 0 spiro atoms. The SMILES string of the molecule is C#CCNC(=O)COc1ccc(CC(N)CC)cc1OC. The van der Waals surface area contributed by atoms with Crippen molar-refractivity contribution in [2.75, 3.05) is 20.3 Å². The van der Waals surface area contributed by atoms with Crippen LogP contribution in [0.2, 0.25) is 0 Å². The zero-order valence-electron chi connectivity index (χ0n) is 12.5. The van der Waals surface area contributed by atoms with E-state index in [0.717, 1.165) is 18.4 Å². The summed E-state index contributed by atoms with van der Waals surface area (Å²) in [6, 6.07) is 5.71. The third-order valence-electron chi connectivity index (χ3n) is 3.00. The molecule has 21 heavy (non-hydrogen) atoms. The molecule has 1 aromatic rings. The lowest BCUT2D eigenvalue weighted by Crippen LogP contribution is -2.29. The number of amides is 1. The number of benzene rings is 1. The quantitative estimate of drug-likeness (QED) is 0.703. The number of rotatable bonds is 8. The second-order valence-corrected chi connectivity index (χ2v) is 4.63. The lowest BCUT2D eigenvalue weighted by atomic mass is 10.0. The van der Waals surface area contributed by atoms with E-state index in [4.69, 9.17) is 21.6 Å². The van der Waals surface area contributed by atoms with Crippen molar-refractivity contribution in [1.29, 1.82) is 0 Å². The molecule has 1 rings (SSSR count). The number of nitrogens with one attached hydrogen (secondary N) is 1. The molecule has 0 fully saturated rings. The van der Waals surface area contributed by atoms with E-state index in [1.54, 1.807) is 13.2 Å². The fourth-order valence-corrected chi connectivity index (χ4v) is 1.75. The van der Waals surface area contributed by atoms with Crippen LogP contribution in [0.15, 0.2) is 18.2 Å². The molecule has 0 saturated heterocycles. The molecular weight excluding hydrogens is 268 g/mol. The van der Waals surface area contributed by atoms with Crippen LogP contribution >= 0.6 is 0 Å². The number of nitrogens with two attached hydrogens (primary N) is 1. The maximum absolute atomic E-state index is 11.4. The fraction of sp³-hybridized carbons (Fsp3) is 0.438. The van der Waals surface area contributed by atoms with Crippen LogP contribution in [0.1, 0.15) is 18.9 Å². The van der Waals surface area contributed by atoms with E-state index < -0.39 is 0 Å². The van der Waals surface area contributed by atoms with Gasteiger partial charge in [0.1, 0.15) is 0 Å². The Bertz CT molecular complexity index is 509. The van der Waals surface area contributed by atoms with Gasteiger partial charge < -0.3 is 20.5 Å². The van der Waals surface area contributed by atoms with Crippen molar-refractivity contribution in [3.8, 4) is 23.8 Å². The van der Waals surface area contributed by atoms with Crippen LogP contribution in [-0.2, 0) is 11.2 Å². The first-order valence-corrected chi connectivity index (χ1v) is 6.86. The summed E-state index contributed by atoms with van der Waals surface area (Å²) in [5.74, 6) is 3.15. The highest BCUT2D eigenvalue weighted by atomic mass is 16.5. The molecule has 114 valence electrons. The third kappa shape index (κ3) is 5.76. The predicted octanol–water partition coefficient (Wildman–Crippen LogP) is 1.10. The fourth-order valence-electron chi connectivity index (χ4n) is 1.75. The van der Waals surface area contributed by atoms with E-state index in [2.05, 4.69) is 11.2 Å². The maximum atomic E-state index is 11.4. The zero-order chi connectivity index (χ0) is 15.7. The average Bonchev–Trinajstić information content (AvgIpc) is 2.51. The van der Waals surface area contributed by atoms with Crippen LogP contribution in [-0.4, -0.2) is 32.2 Å². The third-order valence-corrected chi connectivity index (χ3v) is 3.00. The summed E-state index contributed by atoms with van der Waals surface area (Å²) >= 11 is 0. The van der Waals surface area contributed by atoms with Gasteiger partial charge >= 0.3 is 0 Å². The van der Waals surface area contributed by atoms with Gasteiger partial charge in [-0.3, -0.25) is 4.79 Å². The molecule has 0 aromatic heterocycles. The predicted molar refractivity (Wildman–Crippen MR) is 82.3 cm³/mol. The minimum Gasteiger partial charge on any atom is -0.493 e. The van der Waals surface area contributed by atoms with Gasteiger partial charge in [0.15, 0.2) is 18.1 Å². The largest absolute Gasteiger partial charge is 0.493 e. The van der Waals surface area contributed by atoms with Crippen molar-refractivity contribution >= 4 is 5.91 Å². The maximum Gasteiger partial charge on any atom is 0.258 e. The molecule has 0 heterocycles. The van der Waals surface area contributed by atoms with Crippen molar-refractivity contribution < 1.29 is 14.3 Å². The average molecular weight is 290 g/mol. The molecule has 0 aliphatic carbocycles. The Morgan fingerprint density at radius 1 is 1.48 bits per heavy atom. The number of methoxy groups -OCH3 is 1. The molecule has 0 bridgehead atoms. The minimum atomic E-state index is -0.271. The Balaban J connectivity index is 2.66. The van der Waals surface area contributed by atoms with E-state index in [9.17, 15) is 4.79 Å². The van der Waals surface area contributed by atoms with Gasteiger partial charge in [0, 0.05) is 6.04 Å². The van der Waals surface area contributed by atoms with Gasteiger partial charge in [-0.05, 0) is 30.5 Å². The molecule has 1 aromatic carbocycles. The highest BCUT2D eigenvalue weighted by molar-refractivity contribution is 5.77. The number of ether oxygens (including phenoxy) is 2. The van der Waals surface area contributed by atoms with Gasteiger partial charge in [-0.2, -0.15) is 0 Å². The highest BCUT2D eigenvalue weighted by Gasteiger charge is 2.10. The van der Waals surface area contributed by atoms with Gasteiger partial charge in [-0.1, -0.05) is 18.9 Å². The second kappa shape index (κ2) is 8.88. The molecule has 1 unspecified atom stereocenters. The lowest BCUT2D eigenvalue weighted by molar-refractivity contribution is -0.122. The summed E-state index contributed by atoms with van der Waals surface area (Å²) in [6.45, 7) is 2.13. The molecular formula is C16H22N2O3. The summed E-state index contributed by atoms with van der Waals surface area (Å²) in [4.78, 5) is 11.4. The highest BCUT2D eigenvalue weighted by Crippen LogP contribution is 2.28. The van der Waals surface area contributed by atoms with E-state index in [0.29, 0.717) is 11.5 Å². The van der Waals surface area contributed by atoms with Crippen molar-refractivity contribution in [3.63, 3.8) is 0 Å². The van der Waals surface area contributed by atoms with Crippen molar-refractivity contribution in [1.82, 2.24) is 5.32 Å². The summed E-state index contributed by atoms with van der Waals surface area (Å²) in [6.07, 6.45) is 6.75. The first kappa shape index (κ1) is 16.9. The van der Waals surface area contributed by atoms with E-state index in [-0.39, 0.29) is 25.1 Å². The first-order chi connectivity index (χ1) is 10.1. The first-order valence-electron chi connectivity index (χ1n) is 6.86. The molecule has 5 nitrogen and oxygen atoms in total. The zero-order valence-corrected chi connectivity index (χ0v) is 12.5. The number of terminal acetylenes is 1. The number of carbonyl (C=O) groups is 1. The van der Waals surface area contributed by atoms with Crippen molar-refractivity contribution in [3.05, 3.63) is 23.8 Å². The lowest BCUT2D eigenvalue weighted by Gasteiger charge is -2.13. The second-order valence-electron chi connectivity index (χ2n) is 4.63. The monoisotopic (exact) mass is 290 g/mol. The van der Waals surface area contributed by atoms with Gasteiger partial charge in [0.05, 0.1) is 13.7 Å². The van der Waals surface area contributed by atoms with E-state index in [1.807, 2.05) is 19.1 Å². The smallest absolute Gasteiger partial charge is 0.258 e. The summed E-state index contributed by atoms with van der Waals surface area (Å²) in [5, 5.41) is 2.53. The Labute approximate surface area is 125 Å². The Morgan fingerprint density at radius 3 is 2.86 bits per heavy atom. The standard InChI is InChI=1S/C16H22N2O3/c1-4-8-18-16(19)11-21-14-7-6-12(9-13(17)5-2)10-15(14)20-3/h1,6-7,10,13H,5,8-9,11,17H2,2-3H3,(H,18,19). The number of carbonyl (C=O) groups excluding carboxylic acids is 1. The van der Waals surface area contributed by atoms with Crippen molar-refractivity contribution in [2.45, 2.75) is 25.8 Å². The van der Waals surface area contributed by atoms with Gasteiger partial charge in [-0.25, -0.2) is 0 Å². The van der Waals surface area contributed by atoms with Crippen LogP contribution in [0.5, 0.6) is 11.5 Å². The number of hydrogen-bond acceptors (Lipinski definition) is 4. The van der Waals surface area contributed by atoms with Crippen LogP contribution in [0.25, 0.3) is 0 Å². The van der Waals surface area contributed by atoms with Gasteiger partial charge in [0.2, 0.25) is 0 Å². The van der Waals surface area contributed by atoms with Crippen LogP contribution in [0.3, 0.4) is 0 Å². The molecule has 5 heteroatoms. The summed E-state index contributed by atoms with van der Waals surface area (Å²) in [5.41, 5.74) is 7.01. The Kier molecular flexibility index (Phi) is 7.13. The Morgan fingerprint density at radius 2 is 2.24 bits per heavy atom. The Hall–Kier alpha value is -2.19. The summed E-state index contributed by atoms with van der Waals surface area (Å²) in [7, 11) is 1.56. The molecule has 0 saturated carbocycles. The molecule has 0 aliphatic rings. The van der Waals surface area contributed by atoms with Crippen LogP contribution < -0.4 is 20.5 Å². The molecule has 1 atom stereocenters. The van der Waals surface area contributed by atoms with Gasteiger partial charge in [-0.15, -0.1) is 6.42 Å². The topological polar surface area (TPSA) is 73.6 Å². The molecule has 3 N–H and O–H groups in total. The molecule has 0 aliphatic heterocycles.